The van der Waals surface area contributed by atoms with Crippen molar-refractivity contribution in [2.24, 2.45) is 11.8 Å². The number of benzene rings is 1. The number of methoxy groups -OCH3 is 1. The first-order chi connectivity index (χ1) is 16.5. The van der Waals surface area contributed by atoms with Gasteiger partial charge in [-0.3, -0.25) is 9.59 Å². The van der Waals surface area contributed by atoms with E-state index in [1.54, 1.807) is 25.6 Å². The highest BCUT2D eigenvalue weighted by Crippen LogP contribution is 2.46. The molecule has 3 atom stereocenters. The van der Waals surface area contributed by atoms with E-state index in [4.69, 9.17) is 9.47 Å². The second kappa shape index (κ2) is 10.9. The SMILES string of the molecule is CCSCCOC(=O)C1=C(C)NC2=C(C(=O)[C@H](C(=O)OC)[C@@H](C)C2)[C@H]1c1ccc(C(F)(F)F)cc1. The zero-order chi connectivity index (χ0) is 25.9. The number of carbonyl (C=O) groups is 3. The fourth-order valence-corrected chi connectivity index (χ4v) is 5.05. The van der Waals surface area contributed by atoms with Crippen LogP contribution in [0.4, 0.5) is 13.2 Å². The molecule has 1 aromatic rings. The molecule has 10 heteroatoms. The predicted octanol–water partition coefficient (Wildman–Crippen LogP) is 4.61. The molecule has 1 aliphatic carbocycles. The molecule has 0 bridgehead atoms. The second-order valence-corrected chi connectivity index (χ2v) is 9.88. The predicted molar refractivity (Wildman–Crippen MR) is 125 cm³/mol. The number of hydrogen-bond acceptors (Lipinski definition) is 7. The van der Waals surface area contributed by atoms with Crippen LogP contribution in [0, 0.1) is 11.8 Å². The average Bonchev–Trinajstić information content (AvgIpc) is 2.80. The van der Waals surface area contributed by atoms with Gasteiger partial charge in [-0.25, -0.2) is 4.79 Å². The molecule has 1 heterocycles. The van der Waals surface area contributed by atoms with E-state index in [2.05, 4.69) is 5.32 Å². The number of thioether (sulfide) groups is 1. The van der Waals surface area contributed by atoms with Gasteiger partial charge in [0.15, 0.2) is 5.78 Å². The standard InChI is InChI=1S/C25H28F3NO5S/c1-5-35-11-10-34-24(32)19-14(3)29-17-12-13(2)18(23(31)33-4)22(30)21(17)20(19)15-6-8-16(9-7-15)25(26,27)28/h6-9,13,18,20,29H,5,10-12H2,1-4H3/t13-,18+,20-/m0/s1. The highest BCUT2D eigenvalue weighted by molar-refractivity contribution is 7.99. The van der Waals surface area contributed by atoms with Crippen LogP contribution in [-0.4, -0.2) is 42.9 Å². The molecule has 0 saturated carbocycles. The van der Waals surface area contributed by atoms with Crippen molar-refractivity contribution in [2.45, 2.75) is 39.3 Å². The first-order valence-electron chi connectivity index (χ1n) is 11.3. The second-order valence-electron chi connectivity index (χ2n) is 8.49. The number of allylic oxidation sites excluding steroid dienone is 3. The van der Waals surface area contributed by atoms with E-state index < -0.39 is 41.3 Å². The lowest BCUT2D eigenvalue weighted by atomic mass is 9.69. The number of ether oxygens (including phenoxy) is 2. The largest absolute Gasteiger partial charge is 0.468 e. The quantitative estimate of drug-likeness (QED) is 0.325. The summed E-state index contributed by atoms with van der Waals surface area (Å²) in [4.78, 5) is 39.2. The van der Waals surface area contributed by atoms with Gasteiger partial charge in [0, 0.05) is 28.6 Å². The van der Waals surface area contributed by atoms with Gasteiger partial charge in [-0.2, -0.15) is 24.9 Å². The molecule has 0 amide bonds. The average molecular weight is 512 g/mol. The zero-order valence-corrected chi connectivity index (χ0v) is 20.8. The number of carbonyl (C=O) groups excluding carboxylic acids is 3. The van der Waals surface area contributed by atoms with Crippen LogP contribution in [0.25, 0.3) is 0 Å². The molecule has 0 saturated heterocycles. The van der Waals surface area contributed by atoms with Crippen LogP contribution in [0.2, 0.25) is 0 Å². The summed E-state index contributed by atoms with van der Waals surface area (Å²) >= 11 is 1.59. The fraction of sp³-hybridized carbons (Fsp3) is 0.480. The van der Waals surface area contributed by atoms with Crippen molar-refractivity contribution in [3.8, 4) is 0 Å². The van der Waals surface area contributed by atoms with Crippen LogP contribution >= 0.6 is 11.8 Å². The van der Waals surface area contributed by atoms with Gasteiger partial charge in [0.2, 0.25) is 0 Å². The van der Waals surface area contributed by atoms with Gasteiger partial charge in [0.1, 0.15) is 12.5 Å². The normalized spacial score (nSPS) is 22.5. The minimum atomic E-state index is -4.53. The van der Waals surface area contributed by atoms with E-state index in [0.29, 0.717) is 29.1 Å². The van der Waals surface area contributed by atoms with Gasteiger partial charge >= 0.3 is 18.1 Å². The van der Waals surface area contributed by atoms with Gasteiger partial charge in [-0.05, 0) is 42.7 Å². The number of alkyl halides is 3. The molecule has 3 rings (SSSR count). The minimum Gasteiger partial charge on any atom is -0.468 e. The maximum Gasteiger partial charge on any atom is 0.416 e. The van der Waals surface area contributed by atoms with E-state index in [0.717, 1.165) is 17.9 Å². The maximum atomic E-state index is 13.6. The topological polar surface area (TPSA) is 81.7 Å². The summed E-state index contributed by atoms with van der Waals surface area (Å²) in [6.45, 7) is 5.55. The van der Waals surface area contributed by atoms with E-state index in [-0.39, 0.29) is 23.7 Å². The van der Waals surface area contributed by atoms with Gasteiger partial charge in [0.05, 0.1) is 18.2 Å². The number of nitrogens with one attached hydrogen (secondary N) is 1. The maximum absolute atomic E-state index is 13.6. The minimum absolute atomic E-state index is 0.136. The molecule has 0 spiro atoms. The van der Waals surface area contributed by atoms with Crippen molar-refractivity contribution in [1.29, 1.82) is 0 Å². The Morgan fingerprint density at radius 3 is 2.43 bits per heavy atom. The Bertz CT molecular complexity index is 1060. The van der Waals surface area contributed by atoms with E-state index in [1.165, 1.54) is 19.2 Å². The molecule has 6 nitrogen and oxygen atoms in total. The first-order valence-corrected chi connectivity index (χ1v) is 12.4. The van der Waals surface area contributed by atoms with Crippen molar-refractivity contribution >= 4 is 29.5 Å². The molecular weight excluding hydrogens is 483 g/mol. The van der Waals surface area contributed by atoms with Gasteiger partial charge in [-0.15, -0.1) is 0 Å². The van der Waals surface area contributed by atoms with Crippen LogP contribution in [-0.2, 0) is 30.0 Å². The summed E-state index contributed by atoms with van der Waals surface area (Å²) in [5, 5.41) is 3.12. The third kappa shape index (κ3) is 5.58. The molecule has 1 aliphatic heterocycles. The molecule has 190 valence electrons. The van der Waals surface area contributed by atoms with Gasteiger partial charge < -0.3 is 14.8 Å². The Balaban J connectivity index is 2.09. The van der Waals surface area contributed by atoms with Crippen LogP contribution < -0.4 is 5.32 Å². The Hall–Kier alpha value is -2.75. The van der Waals surface area contributed by atoms with Crippen molar-refractivity contribution in [2.75, 3.05) is 25.2 Å². The third-order valence-electron chi connectivity index (χ3n) is 6.20. The lowest BCUT2D eigenvalue weighted by Gasteiger charge is -2.38. The summed E-state index contributed by atoms with van der Waals surface area (Å²) in [6.07, 6.45) is -4.20. The summed E-state index contributed by atoms with van der Waals surface area (Å²) in [5.74, 6) is -2.84. The smallest absolute Gasteiger partial charge is 0.416 e. The molecule has 35 heavy (non-hydrogen) atoms. The van der Waals surface area contributed by atoms with Crippen molar-refractivity contribution in [1.82, 2.24) is 5.32 Å². The monoisotopic (exact) mass is 511 g/mol. The van der Waals surface area contributed by atoms with Crippen LogP contribution in [0.3, 0.4) is 0 Å². The molecule has 0 radical (unpaired) electrons. The van der Waals surface area contributed by atoms with Crippen LogP contribution in [0.15, 0.2) is 46.8 Å². The number of dihydropyridines is 1. The Morgan fingerprint density at radius 2 is 1.86 bits per heavy atom. The number of rotatable bonds is 7. The third-order valence-corrected chi connectivity index (χ3v) is 7.06. The highest BCUT2D eigenvalue weighted by atomic mass is 32.2. The molecule has 0 unspecified atom stereocenters. The number of halogens is 3. The van der Waals surface area contributed by atoms with Gasteiger partial charge in [-0.1, -0.05) is 26.0 Å². The van der Waals surface area contributed by atoms with Crippen molar-refractivity contribution in [3.63, 3.8) is 0 Å². The molecule has 1 N–H and O–H groups in total. The number of hydrogen-bond donors (Lipinski definition) is 1. The summed E-state index contributed by atoms with van der Waals surface area (Å²) in [7, 11) is 1.19. The Labute approximate surface area is 206 Å². The molecule has 2 aliphatic rings. The van der Waals surface area contributed by atoms with Crippen molar-refractivity contribution < 1.29 is 37.0 Å². The van der Waals surface area contributed by atoms with E-state index >= 15 is 0 Å². The van der Waals surface area contributed by atoms with E-state index in [9.17, 15) is 27.6 Å². The van der Waals surface area contributed by atoms with E-state index in [1.807, 2.05) is 6.92 Å². The first kappa shape index (κ1) is 26.8. The summed E-state index contributed by atoms with van der Waals surface area (Å²) < 4.78 is 49.8. The molecular formula is C25H28F3NO5S. The van der Waals surface area contributed by atoms with Crippen LogP contribution in [0.5, 0.6) is 0 Å². The van der Waals surface area contributed by atoms with Crippen molar-refractivity contribution in [3.05, 3.63) is 57.9 Å². The summed E-state index contributed by atoms with van der Waals surface area (Å²) in [6, 6.07) is 4.35. The fourth-order valence-electron chi connectivity index (χ4n) is 4.56. The number of ketones is 1. The Kier molecular flexibility index (Phi) is 8.35. The van der Waals surface area contributed by atoms with Gasteiger partial charge in [0.25, 0.3) is 0 Å². The molecule has 1 aromatic carbocycles. The van der Waals surface area contributed by atoms with Crippen LogP contribution in [0.1, 0.15) is 44.2 Å². The lowest BCUT2D eigenvalue weighted by molar-refractivity contribution is -0.151. The molecule has 0 fully saturated rings. The number of esters is 2. The number of Topliss-reactive ketones (excluding diaryl/α,β-unsaturated/α-hetero) is 1. The lowest BCUT2D eigenvalue weighted by Crippen LogP contribution is -2.43. The highest BCUT2D eigenvalue weighted by Gasteiger charge is 2.47. The zero-order valence-electron chi connectivity index (χ0n) is 20.0. The Morgan fingerprint density at radius 1 is 1.20 bits per heavy atom. The molecule has 0 aromatic heterocycles. The summed E-state index contributed by atoms with van der Waals surface area (Å²) in [5.41, 5.74) is 0.798.